The smallest absolute Gasteiger partial charge is 0.121 e. The van der Waals surface area contributed by atoms with Crippen LogP contribution in [0.2, 0.25) is 0 Å². The quantitative estimate of drug-likeness (QED) is 0.145. The Bertz CT molecular complexity index is 2290. The molecule has 0 aromatic heterocycles. The minimum atomic E-state index is -0.246. The van der Waals surface area contributed by atoms with E-state index in [1.165, 1.54) is 33.0 Å². The Hall–Kier alpha value is -6.00. The molecule has 8 rings (SSSR count). The SMILES string of the molecule is CCOc1cccc(N(c2cccc(OCC)c2)c2ccc3c(c2)C(C)(C)c2cc(N(c4ccccc4)c4cccc5ccccc45)ccc2-3)c1. The number of nitrogens with zero attached hydrogens (tertiary/aromatic N) is 2. The maximum absolute atomic E-state index is 5.94. The van der Waals surface area contributed by atoms with Crippen molar-refractivity contribution in [1.82, 2.24) is 0 Å². The molecule has 0 N–H and O–H groups in total. The number of ether oxygens (including phenoxy) is 2. The third-order valence-corrected chi connectivity index (χ3v) is 9.96. The van der Waals surface area contributed by atoms with E-state index in [1.807, 2.05) is 26.0 Å². The third kappa shape index (κ3) is 5.87. The fourth-order valence-electron chi connectivity index (χ4n) is 7.60. The molecule has 0 spiro atoms. The summed E-state index contributed by atoms with van der Waals surface area (Å²) in [5, 5.41) is 2.44. The van der Waals surface area contributed by atoms with Crippen molar-refractivity contribution in [3.8, 4) is 22.6 Å². The zero-order chi connectivity index (χ0) is 35.0. The fourth-order valence-corrected chi connectivity index (χ4v) is 7.60. The molecule has 7 aromatic rings. The van der Waals surface area contributed by atoms with Gasteiger partial charge in [-0.15, -0.1) is 0 Å². The van der Waals surface area contributed by atoms with Gasteiger partial charge in [-0.05, 0) is 108 Å². The molecule has 51 heavy (non-hydrogen) atoms. The molecule has 0 fully saturated rings. The lowest BCUT2D eigenvalue weighted by Gasteiger charge is -2.30. The van der Waals surface area contributed by atoms with Crippen LogP contribution < -0.4 is 19.3 Å². The van der Waals surface area contributed by atoms with Crippen LogP contribution in [0.4, 0.5) is 34.1 Å². The average molecular weight is 667 g/mol. The summed E-state index contributed by atoms with van der Waals surface area (Å²) in [4.78, 5) is 4.69. The number of benzene rings is 7. The molecule has 0 atom stereocenters. The molecule has 7 aromatic carbocycles. The minimum Gasteiger partial charge on any atom is -0.494 e. The molecule has 0 heterocycles. The van der Waals surface area contributed by atoms with Crippen molar-refractivity contribution < 1.29 is 9.47 Å². The molecule has 0 amide bonds. The van der Waals surface area contributed by atoms with Crippen LogP contribution in [0, 0.1) is 0 Å². The van der Waals surface area contributed by atoms with Gasteiger partial charge >= 0.3 is 0 Å². The van der Waals surface area contributed by atoms with Gasteiger partial charge in [0, 0.05) is 51.4 Å². The van der Waals surface area contributed by atoms with E-state index in [4.69, 9.17) is 9.47 Å². The molecular formula is C47H42N2O2. The van der Waals surface area contributed by atoms with E-state index in [0.717, 1.165) is 45.6 Å². The normalized spacial score (nSPS) is 12.6. The third-order valence-electron chi connectivity index (χ3n) is 9.96. The summed E-state index contributed by atoms with van der Waals surface area (Å²) in [6, 6.07) is 56.4. The van der Waals surface area contributed by atoms with Crippen LogP contribution in [-0.2, 0) is 5.41 Å². The summed E-state index contributed by atoms with van der Waals surface area (Å²) in [5.74, 6) is 1.69. The Morgan fingerprint density at radius 1 is 0.451 bits per heavy atom. The molecule has 0 aliphatic heterocycles. The number of rotatable bonds is 10. The molecule has 0 bridgehead atoms. The Kier molecular flexibility index (Phi) is 8.45. The molecule has 0 saturated heterocycles. The highest BCUT2D eigenvalue weighted by Crippen LogP contribution is 2.53. The highest BCUT2D eigenvalue weighted by atomic mass is 16.5. The standard InChI is InChI=1S/C47H42N2O2/c1-5-50-39-21-13-19-35(29-39)48(36-20-14-22-40(30-36)51-6-2)37-25-27-42-43-28-26-38(32-45(43)47(3,4)44(42)31-37)49(34-17-8-7-9-18-34)46-24-12-16-33-15-10-11-23-41(33)46/h7-32H,5-6H2,1-4H3. The number of hydrogen-bond acceptors (Lipinski definition) is 4. The zero-order valence-electron chi connectivity index (χ0n) is 29.6. The average Bonchev–Trinajstić information content (AvgIpc) is 3.38. The predicted molar refractivity (Wildman–Crippen MR) is 213 cm³/mol. The summed E-state index contributed by atoms with van der Waals surface area (Å²) in [7, 11) is 0. The first-order chi connectivity index (χ1) is 25.0. The van der Waals surface area contributed by atoms with Crippen molar-refractivity contribution in [3.05, 3.63) is 169 Å². The number of anilines is 6. The van der Waals surface area contributed by atoms with Crippen LogP contribution in [0.1, 0.15) is 38.8 Å². The summed E-state index contributed by atoms with van der Waals surface area (Å²) in [5.41, 5.74) is 11.5. The first-order valence-electron chi connectivity index (χ1n) is 17.8. The van der Waals surface area contributed by atoms with Gasteiger partial charge in [0.25, 0.3) is 0 Å². The predicted octanol–water partition coefficient (Wildman–Crippen LogP) is 12.9. The largest absolute Gasteiger partial charge is 0.494 e. The second-order valence-electron chi connectivity index (χ2n) is 13.5. The molecule has 4 heteroatoms. The maximum atomic E-state index is 5.94. The van der Waals surface area contributed by atoms with Gasteiger partial charge < -0.3 is 19.3 Å². The van der Waals surface area contributed by atoms with Gasteiger partial charge in [-0.25, -0.2) is 0 Å². The van der Waals surface area contributed by atoms with Crippen molar-refractivity contribution in [1.29, 1.82) is 0 Å². The number of fused-ring (bicyclic) bond motifs is 4. The Morgan fingerprint density at radius 3 is 1.55 bits per heavy atom. The molecule has 0 unspecified atom stereocenters. The van der Waals surface area contributed by atoms with Gasteiger partial charge in [0.15, 0.2) is 0 Å². The maximum Gasteiger partial charge on any atom is 0.121 e. The van der Waals surface area contributed by atoms with Crippen LogP contribution in [0.15, 0.2) is 158 Å². The second kappa shape index (κ2) is 13.4. The summed E-state index contributed by atoms with van der Waals surface area (Å²) in [6.45, 7) is 9.96. The lowest BCUT2D eigenvalue weighted by molar-refractivity contribution is 0.340. The highest BCUT2D eigenvalue weighted by molar-refractivity contribution is 5.99. The molecule has 1 aliphatic rings. The van der Waals surface area contributed by atoms with Gasteiger partial charge in [-0.3, -0.25) is 0 Å². The van der Waals surface area contributed by atoms with E-state index in [1.54, 1.807) is 0 Å². The molecule has 1 aliphatic carbocycles. The van der Waals surface area contributed by atoms with Crippen LogP contribution in [0.25, 0.3) is 21.9 Å². The summed E-state index contributed by atoms with van der Waals surface area (Å²) in [6.07, 6.45) is 0. The van der Waals surface area contributed by atoms with E-state index < -0.39 is 0 Å². The number of hydrogen-bond donors (Lipinski definition) is 0. The monoisotopic (exact) mass is 666 g/mol. The zero-order valence-corrected chi connectivity index (χ0v) is 29.6. The van der Waals surface area contributed by atoms with Crippen molar-refractivity contribution in [3.63, 3.8) is 0 Å². The van der Waals surface area contributed by atoms with Gasteiger partial charge in [0.1, 0.15) is 11.5 Å². The van der Waals surface area contributed by atoms with E-state index in [9.17, 15) is 0 Å². The van der Waals surface area contributed by atoms with Crippen molar-refractivity contribution >= 4 is 44.9 Å². The number of para-hydroxylation sites is 1. The van der Waals surface area contributed by atoms with Gasteiger partial charge in [0.2, 0.25) is 0 Å². The second-order valence-corrected chi connectivity index (χ2v) is 13.5. The Morgan fingerprint density at radius 2 is 0.941 bits per heavy atom. The van der Waals surface area contributed by atoms with Crippen LogP contribution in [0.5, 0.6) is 11.5 Å². The summed E-state index contributed by atoms with van der Waals surface area (Å²) >= 11 is 0. The van der Waals surface area contributed by atoms with Crippen molar-refractivity contribution in [2.45, 2.75) is 33.1 Å². The van der Waals surface area contributed by atoms with Crippen LogP contribution in [0.3, 0.4) is 0 Å². The first-order valence-corrected chi connectivity index (χ1v) is 17.8. The van der Waals surface area contributed by atoms with Crippen LogP contribution in [-0.4, -0.2) is 13.2 Å². The topological polar surface area (TPSA) is 24.9 Å². The van der Waals surface area contributed by atoms with E-state index in [-0.39, 0.29) is 5.41 Å². The first kappa shape index (κ1) is 32.2. The molecule has 252 valence electrons. The molecule has 4 nitrogen and oxygen atoms in total. The Balaban J connectivity index is 1.25. The lowest BCUT2D eigenvalue weighted by Crippen LogP contribution is -2.17. The van der Waals surface area contributed by atoms with Crippen molar-refractivity contribution in [2.24, 2.45) is 0 Å². The van der Waals surface area contributed by atoms with E-state index >= 15 is 0 Å². The highest BCUT2D eigenvalue weighted by Gasteiger charge is 2.37. The van der Waals surface area contributed by atoms with E-state index in [0.29, 0.717) is 13.2 Å². The van der Waals surface area contributed by atoms with Gasteiger partial charge in [-0.1, -0.05) is 92.7 Å². The summed E-state index contributed by atoms with van der Waals surface area (Å²) < 4.78 is 11.9. The van der Waals surface area contributed by atoms with Gasteiger partial charge in [-0.2, -0.15) is 0 Å². The molecule has 0 saturated carbocycles. The van der Waals surface area contributed by atoms with Crippen molar-refractivity contribution in [2.75, 3.05) is 23.0 Å². The fraction of sp³-hybridized carbons (Fsp3) is 0.149. The Labute approximate surface area is 301 Å². The lowest BCUT2D eigenvalue weighted by atomic mass is 9.82. The van der Waals surface area contributed by atoms with E-state index in [2.05, 4.69) is 169 Å². The molecular weight excluding hydrogens is 625 g/mol. The minimum absolute atomic E-state index is 0.246. The van der Waals surface area contributed by atoms with Crippen LogP contribution >= 0.6 is 0 Å². The van der Waals surface area contributed by atoms with Gasteiger partial charge in [0.05, 0.1) is 18.9 Å². The molecule has 0 radical (unpaired) electrons.